The van der Waals surface area contributed by atoms with Crippen molar-refractivity contribution in [3.63, 3.8) is 0 Å². The van der Waals surface area contributed by atoms with E-state index in [1.807, 2.05) is 62.8 Å². The molecule has 1 aromatic heterocycles. The van der Waals surface area contributed by atoms with Crippen molar-refractivity contribution < 1.29 is 9.59 Å². The van der Waals surface area contributed by atoms with E-state index in [1.165, 1.54) is 12.5 Å². The Balaban J connectivity index is 1.67. The standard InChI is InChI=1S/C24H30N4O2/c1-17(29)27-23(14-19-15-25-22-12-8-7-11-21(19)22)24(30)26-16-20(28(2)3)13-18-9-5-4-6-10-18/h4-12,15,20,23,25H,13-14,16H2,1-3H3,(H,26,30)(H,27,29). The molecular formula is C24H30N4O2. The first-order valence-corrected chi connectivity index (χ1v) is 10.2. The minimum atomic E-state index is -0.624. The zero-order chi connectivity index (χ0) is 21.5. The maximum atomic E-state index is 13.0. The average molecular weight is 407 g/mol. The van der Waals surface area contributed by atoms with Crippen molar-refractivity contribution in [2.45, 2.75) is 31.8 Å². The van der Waals surface area contributed by atoms with Crippen molar-refractivity contribution in [2.24, 2.45) is 0 Å². The molecule has 0 fully saturated rings. The number of hydrogen-bond donors (Lipinski definition) is 3. The Morgan fingerprint density at radius 2 is 1.70 bits per heavy atom. The molecule has 0 bridgehead atoms. The van der Waals surface area contributed by atoms with Gasteiger partial charge in [-0.05, 0) is 37.7 Å². The number of amides is 2. The number of carbonyl (C=O) groups excluding carboxylic acids is 2. The average Bonchev–Trinajstić information content (AvgIpc) is 3.13. The summed E-state index contributed by atoms with van der Waals surface area (Å²) in [5.41, 5.74) is 3.25. The first-order chi connectivity index (χ1) is 14.4. The van der Waals surface area contributed by atoms with Gasteiger partial charge >= 0.3 is 0 Å². The van der Waals surface area contributed by atoms with Crippen LogP contribution in [-0.2, 0) is 22.4 Å². The Kier molecular flexibility index (Phi) is 7.25. The van der Waals surface area contributed by atoms with Crippen molar-refractivity contribution in [2.75, 3.05) is 20.6 Å². The van der Waals surface area contributed by atoms with Crippen molar-refractivity contribution >= 4 is 22.7 Å². The summed E-state index contributed by atoms with van der Waals surface area (Å²) in [4.78, 5) is 30.0. The van der Waals surface area contributed by atoms with Gasteiger partial charge in [-0.1, -0.05) is 48.5 Å². The van der Waals surface area contributed by atoms with Gasteiger partial charge in [0.15, 0.2) is 0 Å². The van der Waals surface area contributed by atoms with Crippen LogP contribution in [0.5, 0.6) is 0 Å². The Hall–Kier alpha value is -3.12. The molecule has 2 aromatic carbocycles. The van der Waals surface area contributed by atoms with Gasteiger partial charge in [-0.15, -0.1) is 0 Å². The first kappa shape index (κ1) is 21.6. The number of nitrogens with zero attached hydrogens (tertiary/aromatic N) is 1. The molecule has 0 radical (unpaired) electrons. The van der Waals surface area contributed by atoms with E-state index in [2.05, 4.69) is 32.7 Å². The largest absolute Gasteiger partial charge is 0.361 e. The summed E-state index contributed by atoms with van der Waals surface area (Å²) in [6.07, 6.45) is 3.17. The molecule has 0 saturated carbocycles. The second-order valence-corrected chi connectivity index (χ2v) is 7.87. The van der Waals surface area contributed by atoms with E-state index in [9.17, 15) is 9.59 Å². The van der Waals surface area contributed by atoms with Crippen LogP contribution in [0.15, 0.2) is 60.8 Å². The smallest absolute Gasteiger partial charge is 0.242 e. The Morgan fingerprint density at radius 3 is 2.40 bits per heavy atom. The molecule has 0 saturated heterocycles. The van der Waals surface area contributed by atoms with E-state index in [0.717, 1.165) is 22.9 Å². The molecule has 3 N–H and O–H groups in total. The van der Waals surface area contributed by atoms with Crippen LogP contribution >= 0.6 is 0 Å². The number of hydrogen-bond acceptors (Lipinski definition) is 3. The number of H-pyrrole nitrogens is 1. The van der Waals surface area contributed by atoms with Gasteiger partial charge in [0, 0.05) is 43.0 Å². The highest BCUT2D eigenvalue weighted by Gasteiger charge is 2.23. The minimum Gasteiger partial charge on any atom is -0.361 e. The van der Waals surface area contributed by atoms with Gasteiger partial charge in [-0.3, -0.25) is 9.59 Å². The highest BCUT2D eigenvalue weighted by molar-refractivity contribution is 5.89. The van der Waals surface area contributed by atoms with Gasteiger partial charge in [-0.2, -0.15) is 0 Å². The van der Waals surface area contributed by atoms with Crippen LogP contribution in [0.4, 0.5) is 0 Å². The molecule has 0 spiro atoms. The zero-order valence-corrected chi connectivity index (χ0v) is 17.8. The van der Waals surface area contributed by atoms with Crippen LogP contribution in [0.3, 0.4) is 0 Å². The lowest BCUT2D eigenvalue weighted by molar-refractivity contribution is -0.128. The van der Waals surface area contributed by atoms with E-state index >= 15 is 0 Å². The Bertz CT molecular complexity index is 981. The molecule has 0 aliphatic rings. The maximum Gasteiger partial charge on any atom is 0.242 e. The zero-order valence-electron chi connectivity index (χ0n) is 17.8. The van der Waals surface area contributed by atoms with Crippen LogP contribution in [0.25, 0.3) is 10.9 Å². The van der Waals surface area contributed by atoms with Gasteiger partial charge in [0.25, 0.3) is 0 Å². The minimum absolute atomic E-state index is 0.155. The van der Waals surface area contributed by atoms with Gasteiger partial charge in [-0.25, -0.2) is 0 Å². The number of para-hydroxylation sites is 1. The number of aromatic amines is 1. The fraction of sp³-hybridized carbons (Fsp3) is 0.333. The van der Waals surface area contributed by atoms with E-state index in [0.29, 0.717) is 13.0 Å². The summed E-state index contributed by atoms with van der Waals surface area (Å²) in [7, 11) is 4.02. The van der Waals surface area contributed by atoms with Crippen LogP contribution in [-0.4, -0.2) is 54.4 Å². The van der Waals surface area contributed by atoms with E-state index in [1.54, 1.807) is 0 Å². The van der Waals surface area contributed by atoms with Crippen LogP contribution in [0.2, 0.25) is 0 Å². The molecule has 6 nitrogen and oxygen atoms in total. The second-order valence-electron chi connectivity index (χ2n) is 7.87. The highest BCUT2D eigenvalue weighted by Crippen LogP contribution is 2.19. The molecule has 0 aliphatic carbocycles. The molecule has 3 aromatic rings. The molecule has 3 rings (SSSR count). The van der Waals surface area contributed by atoms with Crippen molar-refractivity contribution in [3.05, 3.63) is 71.9 Å². The number of aromatic nitrogens is 1. The summed E-state index contributed by atoms with van der Waals surface area (Å²) in [5.74, 6) is -0.390. The van der Waals surface area contributed by atoms with Gasteiger partial charge in [0.2, 0.25) is 11.8 Å². The lowest BCUT2D eigenvalue weighted by Crippen LogP contribution is -2.50. The SMILES string of the molecule is CC(=O)NC(Cc1c[nH]c2ccccc12)C(=O)NCC(Cc1ccccc1)N(C)C. The third kappa shape index (κ3) is 5.70. The van der Waals surface area contributed by atoms with Gasteiger partial charge in [0.05, 0.1) is 0 Å². The number of fused-ring (bicyclic) bond motifs is 1. The summed E-state index contributed by atoms with van der Waals surface area (Å²) < 4.78 is 0. The fourth-order valence-corrected chi connectivity index (χ4v) is 3.64. The van der Waals surface area contributed by atoms with Crippen molar-refractivity contribution in [3.8, 4) is 0 Å². The Morgan fingerprint density at radius 1 is 1.00 bits per heavy atom. The number of likely N-dealkylation sites (N-methyl/N-ethyl adjacent to an activating group) is 1. The molecule has 2 unspecified atom stereocenters. The molecule has 0 aliphatic heterocycles. The predicted molar refractivity (Wildman–Crippen MR) is 120 cm³/mol. The molecule has 30 heavy (non-hydrogen) atoms. The second kappa shape index (κ2) is 10.1. The summed E-state index contributed by atoms with van der Waals surface area (Å²) in [6.45, 7) is 1.94. The van der Waals surface area contributed by atoms with Crippen LogP contribution in [0.1, 0.15) is 18.1 Å². The molecule has 1 heterocycles. The topological polar surface area (TPSA) is 77.2 Å². The predicted octanol–water partition coefficient (Wildman–Crippen LogP) is 2.50. The van der Waals surface area contributed by atoms with Gasteiger partial charge in [0.1, 0.15) is 6.04 Å². The summed E-state index contributed by atoms with van der Waals surface area (Å²) in [6, 6.07) is 17.7. The van der Waals surface area contributed by atoms with E-state index in [-0.39, 0.29) is 17.9 Å². The molecule has 2 atom stereocenters. The third-order valence-corrected chi connectivity index (χ3v) is 5.35. The maximum absolute atomic E-state index is 13.0. The highest BCUT2D eigenvalue weighted by atomic mass is 16.2. The van der Waals surface area contributed by atoms with Crippen LogP contribution < -0.4 is 10.6 Å². The number of carbonyl (C=O) groups is 2. The first-order valence-electron chi connectivity index (χ1n) is 10.2. The van der Waals surface area contributed by atoms with Crippen LogP contribution in [0, 0.1) is 0 Å². The van der Waals surface area contributed by atoms with Crippen molar-refractivity contribution in [1.29, 1.82) is 0 Å². The molecule has 158 valence electrons. The lowest BCUT2D eigenvalue weighted by Gasteiger charge is -2.26. The van der Waals surface area contributed by atoms with Crippen molar-refractivity contribution in [1.82, 2.24) is 20.5 Å². The normalized spacial score (nSPS) is 13.2. The number of nitrogens with one attached hydrogen (secondary N) is 3. The van der Waals surface area contributed by atoms with Gasteiger partial charge < -0.3 is 20.5 Å². The Labute approximate surface area is 177 Å². The number of benzene rings is 2. The molecular weight excluding hydrogens is 376 g/mol. The third-order valence-electron chi connectivity index (χ3n) is 5.35. The van der Waals surface area contributed by atoms with E-state index in [4.69, 9.17) is 0 Å². The monoisotopic (exact) mass is 406 g/mol. The van der Waals surface area contributed by atoms with E-state index < -0.39 is 6.04 Å². The summed E-state index contributed by atoms with van der Waals surface area (Å²) in [5, 5.41) is 6.92. The molecule has 2 amide bonds. The molecule has 6 heteroatoms. The quantitative estimate of drug-likeness (QED) is 0.511. The number of rotatable bonds is 9. The lowest BCUT2D eigenvalue weighted by atomic mass is 10.0. The summed E-state index contributed by atoms with van der Waals surface area (Å²) >= 11 is 0. The fourth-order valence-electron chi connectivity index (χ4n) is 3.64.